The van der Waals surface area contributed by atoms with Crippen molar-refractivity contribution < 1.29 is 9.18 Å². The molecule has 0 bridgehead atoms. The van der Waals surface area contributed by atoms with Crippen molar-refractivity contribution >= 4 is 12.1 Å². The molecule has 0 aliphatic carbocycles. The molecule has 0 radical (unpaired) electrons. The van der Waals surface area contributed by atoms with Crippen molar-refractivity contribution in [2.75, 3.05) is 26.7 Å². The zero-order valence-corrected chi connectivity index (χ0v) is 17.7. The Bertz CT molecular complexity index is 835. The molecule has 0 unspecified atom stereocenters. The number of hydrogen-bond donors (Lipinski definition) is 1. The van der Waals surface area contributed by atoms with Crippen LogP contribution in [0.2, 0.25) is 0 Å². The number of piperidine rings is 1. The molecule has 2 heterocycles. The van der Waals surface area contributed by atoms with Crippen molar-refractivity contribution in [3.8, 4) is 0 Å². The summed E-state index contributed by atoms with van der Waals surface area (Å²) in [6.45, 7) is 8.88. The van der Waals surface area contributed by atoms with Crippen LogP contribution < -0.4 is 5.32 Å². The summed E-state index contributed by atoms with van der Waals surface area (Å²) in [4.78, 5) is 23.1. The fourth-order valence-electron chi connectivity index (χ4n) is 3.15. The molecule has 0 saturated carbocycles. The second-order valence-electron chi connectivity index (χ2n) is 7.22. The molecule has 1 aromatic rings. The van der Waals surface area contributed by atoms with Crippen molar-refractivity contribution in [3.63, 3.8) is 0 Å². The second kappa shape index (κ2) is 12.5. The third-order valence-electron chi connectivity index (χ3n) is 4.88. The maximum absolute atomic E-state index is 12.9. The van der Waals surface area contributed by atoms with Crippen LogP contribution in [-0.2, 0) is 6.42 Å². The van der Waals surface area contributed by atoms with Crippen LogP contribution in [0.3, 0.4) is 0 Å². The molecule has 1 aliphatic rings. The van der Waals surface area contributed by atoms with Crippen LogP contribution in [0.15, 0.2) is 71.8 Å². The highest BCUT2D eigenvalue weighted by Crippen LogP contribution is 2.14. The summed E-state index contributed by atoms with van der Waals surface area (Å²) in [5.41, 5.74) is 2.62. The van der Waals surface area contributed by atoms with Crippen LogP contribution in [0.4, 0.5) is 4.39 Å². The lowest BCUT2D eigenvalue weighted by Crippen LogP contribution is -2.29. The van der Waals surface area contributed by atoms with E-state index in [0.717, 1.165) is 37.3 Å². The minimum atomic E-state index is -0.625. The topological polar surface area (TPSA) is 57.6 Å². The van der Waals surface area contributed by atoms with Gasteiger partial charge >= 0.3 is 0 Å². The fraction of sp³-hybridized carbons (Fsp3) is 0.375. The number of rotatable bonds is 10. The Morgan fingerprint density at radius 2 is 2.10 bits per heavy atom. The average molecular weight is 411 g/mol. The normalized spacial score (nSPS) is 15.0. The Morgan fingerprint density at radius 1 is 1.33 bits per heavy atom. The Hall–Kier alpha value is -3.02. The highest BCUT2D eigenvalue weighted by Gasteiger charge is 2.11. The molecule has 1 N–H and O–H groups in total. The van der Waals surface area contributed by atoms with Gasteiger partial charge in [-0.05, 0) is 55.9 Å². The molecule has 1 saturated heterocycles. The van der Waals surface area contributed by atoms with Crippen LogP contribution in [0.25, 0.3) is 0 Å². The number of hydrogen-bond acceptors (Lipinski definition) is 4. The van der Waals surface area contributed by atoms with Gasteiger partial charge in [0.2, 0.25) is 0 Å². The Morgan fingerprint density at radius 3 is 2.80 bits per heavy atom. The highest BCUT2D eigenvalue weighted by atomic mass is 19.1. The molecule has 6 heteroatoms. The van der Waals surface area contributed by atoms with Gasteiger partial charge in [0.1, 0.15) is 5.83 Å². The summed E-state index contributed by atoms with van der Waals surface area (Å²) in [7, 11) is 1.79. The molecule has 1 fully saturated rings. The van der Waals surface area contributed by atoms with E-state index in [0.29, 0.717) is 5.56 Å². The van der Waals surface area contributed by atoms with Gasteiger partial charge in [-0.1, -0.05) is 25.3 Å². The summed E-state index contributed by atoms with van der Waals surface area (Å²) in [6, 6.07) is 3.40. The van der Waals surface area contributed by atoms with Gasteiger partial charge in [-0.2, -0.15) is 0 Å². The number of aryl methyl sites for hydroxylation is 1. The standard InChI is InChI=1S/C24H31FN4O/c1-19(20(2)25)17-28-24(30)21-12-13-27-22(16-21)10-6-4-7-11-23(18-26-3)29-14-8-5-9-15-29/h4,7,11-13,16,18H,1-2,5-6,8-10,14-15,17H2,3H3,(H,28,30)/b7-4+,23-11+,26-18?. The number of carbonyl (C=O) groups is 1. The molecule has 30 heavy (non-hydrogen) atoms. The van der Waals surface area contributed by atoms with E-state index in [9.17, 15) is 9.18 Å². The Labute approximate surface area is 178 Å². The first-order valence-corrected chi connectivity index (χ1v) is 10.3. The molecule has 1 aliphatic heterocycles. The monoisotopic (exact) mass is 410 g/mol. The van der Waals surface area contributed by atoms with Gasteiger partial charge in [0.15, 0.2) is 0 Å². The lowest BCUT2D eigenvalue weighted by molar-refractivity contribution is 0.0957. The third-order valence-corrected chi connectivity index (χ3v) is 4.88. The molecule has 5 nitrogen and oxygen atoms in total. The maximum Gasteiger partial charge on any atom is 0.251 e. The van der Waals surface area contributed by atoms with Gasteiger partial charge in [0, 0.05) is 50.4 Å². The molecule has 160 valence electrons. The maximum atomic E-state index is 12.9. The molecular formula is C24H31FN4O. The van der Waals surface area contributed by atoms with Crippen LogP contribution in [0, 0.1) is 0 Å². The van der Waals surface area contributed by atoms with E-state index in [4.69, 9.17) is 0 Å². The molecule has 1 amide bonds. The smallest absolute Gasteiger partial charge is 0.251 e. The van der Waals surface area contributed by atoms with Crippen LogP contribution >= 0.6 is 0 Å². The van der Waals surface area contributed by atoms with Gasteiger partial charge in [-0.15, -0.1) is 0 Å². The van der Waals surface area contributed by atoms with E-state index in [1.54, 1.807) is 25.4 Å². The minimum Gasteiger partial charge on any atom is -0.370 e. The summed E-state index contributed by atoms with van der Waals surface area (Å²) < 4.78 is 12.9. The predicted molar refractivity (Wildman–Crippen MR) is 121 cm³/mol. The van der Waals surface area contributed by atoms with Crippen molar-refractivity contribution in [2.24, 2.45) is 4.99 Å². The average Bonchev–Trinajstić information content (AvgIpc) is 2.77. The Balaban J connectivity index is 1.88. The predicted octanol–water partition coefficient (Wildman–Crippen LogP) is 4.41. The first-order chi connectivity index (χ1) is 14.5. The second-order valence-corrected chi connectivity index (χ2v) is 7.22. The van der Waals surface area contributed by atoms with E-state index >= 15 is 0 Å². The lowest BCUT2D eigenvalue weighted by atomic mass is 10.1. The third kappa shape index (κ3) is 7.78. The van der Waals surface area contributed by atoms with Crippen molar-refractivity contribution in [1.82, 2.24) is 15.2 Å². The summed E-state index contributed by atoms with van der Waals surface area (Å²) in [5, 5.41) is 2.63. The van der Waals surface area contributed by atoms with E-state index in [1.165, 1.54) is 19.3 Å². The molecule has 0 spiro atoms. The number of pyridine rings is 1. The first-order valence-electron chi connectivity index (χ1n) is 10.3. The molecule has 0 atom stereocenters. The number of aromatic nitrogens is 1. The van der Waals surface area contributed by atoms with Gasteiger partial charge in [0.25, 0.3) is 5.91 Å². The number of carbonyl (C=O) groups excluding carboxylic acids is 1. The van der Waals surface area contributed by atoms with Crippen LogP contribution in [0.5, 0.6) is 0 Å². The molecule has 0 aromatic carbocycles. The van der Waals surface area contributed by atoms with Gasteiger partial charge < -0.3 is 10.2 Å². The van der Waals surface area contributed by atoms with Gasteiger partial charge in [-0.3, -0.25) is 14.8 Å². The fourth-order valence-corrected chi connectivity index (χ4v) is 3.15. The van der Waals surface area contributed by atoms with Crippen molar-refractivity contribution in [1.29, 1.82) is 0 Å². The number of nitrogens with zero attached hydrogens (tertiary/aromatic N) is 3. The van der Waals surface area contributed by atoms with E-state index in [-0.39, 0.29) is 18.0 Å². The lowest BCUT2D eigenvalue weighted by Gasteiger charge is -2.29. The first kappa shape index (κ1) is 23.3. The largest absolute Gasteiger partial charge is 0.370 e. The Kier molecular flexibility index (Phi) is 9.71. The zero-order chi connectivity index (χ0) is 21.8. The number of amides is 1. The number of allylic oxidation sites excluding steroid dienone is 4. The van der Waals surface area contributed by atoms with E-state index in [2.05, 4.69) is 51.6 Å². The minimum absolute atomic E-state index is 0.0291. The molecule has 1 aromatic heterocycles. The summed E-state index contributed by atoms with van der Waals surface area (Å²) in [6.07, 6.45) is 15.1. The summed E-state index contributed by atoms with van der Waals surface area (Å²) >= 11 is 0. The van der Waals surface area contributed by atoms with Crippen molar-refractivity contribution in [2.45, 2.75) is 32.1 Å². The number of aliphatic imine (C=N–C) groups is 1. The number of likely N-dealkylation sites (tertiary alicyclic amines) is 1. The van der Waals surface area contributed by atoms with Gasteiger partial charge in [-0.25, -0.2) is 4.39 Å². The van der Waals surface area contributed by atoms with Gasteiger partial charge in [0.05, 0.1) is 5.70 Å². The summed E-state index contributed by atoms with van der Waals surface area (Å²) in [5.74, 6) is -0.912. The molecule has 2 rings (SSSR count). The van der Waals surface area contributed by atoms with E-state index < -0.39 is 5.83 Å². The molecular weight excluding hydrogens is 379 g/mol. The number of halogens is 1. The van der Waals surface area contributed by atoms with Crippen molar-refractivity contribution in [3.05, 3.63) is 78.1 Å². The van der Waals surface area contributed by atoms with Crippen LogP contribution in [-0.4, -0.2) is 48.7 Å². The highest BCUT2D eigenvalue weighted by molar-refractivity contribution is 5.94. The zero-order valence-electron chi connectivity index (χ0n) is 17.7. The SMILES string of the molecule is C=C(F)C(=C)CNC(=O)c1ccnc(CC/C=C/C=C(\C=NC)N2CCCCC2)c1. The van der Waals surface area contributed by atoms with E-state index in [1.807, 2.05) is 6.21 Å². The van der Waals surface area contributed by atoms with Crippen LogP contribution in [0.1, 0.15) is 41.7 Å². The quantitative estimate of drug-likeness (QED) is 0.459. The number of nitrogens with one attached hydrogen (secondary N) is 1.